The number of aliphatic carboxylic acids is 2. The van der Waals surface area contributed by atoms with Crippen LogP contribution >= 0.6 is 58.5 Å². The average molecular weight is 671 g/mol. The second kappa shape index (κ2) is 13.3. The zero-order chi connectivity index (χ0) is 30.8. The Balaban J connectivity index is 1.35. The number of β-lactam (4-membered cyclic amide) rings is 1. The Morgan fingerprint density at radius 3 is 2.50 bits per heavy atom. The minimum atomic E-state index is -1.73. The normalized spacial score (nSPS) is 18.3. The number of amides is 2. The highest BCUT2D eigenvalue weighted by molar-refractivity contribution is 8.01. The van der Waals surface area contributed by atoms with Crippen LogP contribution in [0.15, 0.2) is 63.8 Å². The van der Waals surface area contributed by atoms with Crippen LogP contribution in [-0.2, 0) is 30.5 Å². The minimum absolute atomic E-state index is 0.00634. The smallest absolute Gasteiger partial charge is 0.352 e. The molecule has 2 aliphatic rings. The van der Waals surface area contributed by atoms with Gasteiger partial charge in [-0.05, 0) is 37.6 Å². The first-order valence-corrected chi connectivity index (χ1v) is 16.2. The summed E-state index contributed by atoms with van der Waals surface area (Å²) in [4.78, 5) is 63.2. The number of Topliss-reactive ketones (excluding diaryl/α,β-unsaturated/α-hetero) is 1. The van der Waals surface area contributed by atoms with Crippen molar-refractivity contribution >= 4 is 88.0 Å². The van der Waals surface area contributed by atoms with E-state index in [4.69, 9.17) is 23.2 Å². The van der Waals surface area contributed by atoms with Gasteiger partial charge in [0.2, 0.25) is 5.91 Å². The van der Waals surface area contributed by atoms with Crippen LogP contribution in [0.1, 0.15) is 13.8 Å². The fourth-order valence-electron chi connectivity index (χ4n) is 4.36. The highest BCUT2D eigenvalue weighted by Gasteiger charge is 2.54. The number of carboxylic acids is 2. The lowest BCUT2D eigenvalue weighted by Crippen LogP contribution is -2.70. The predicted octanol–water partition coefficient (Wildman–Crippen LogP) is 2.25. The van der Waals surface area contributed by atoms with Crippen LogP contribution in [0, 0.1) is 5.41 Å². The van der Waals surface area contributed by atoms with Gasteiger partial charge in [-0.1, -0.05) is 23.2 Å². The number of nitrogens with zero attached hydrogens (tertiary/aromatic N) is 2. The second-order valence-corrected chi connectivity index (χ2v) is 14.1. The number of pyridine rings is 1. The topological polar surface area (TPSA) is 148 Å². The molecule has 0 radical (unpaired) electrons. The summed E-state index contributed by atoms with van der Waals surface area (Å²) < 4.78 is 1.68. The summed E-state index contributed by atoms with van der Waals surface area (Å²) >= 11 is 16.1. The molecule has 0 aliphatic carbocycles. The van der Waals surface area contributed by atoms with E-state index in [9.17, 15) is 34.2 Å². The van der Waals surface area contributed by atoms with E-state index in [1.807, 2.05) is 0 Å². The number of carboxylic acid groups (broad SMARTS) is 2. The lowest BCUT2D eigenvalue weighted by atomic mass is 9.88. The standard InChI is InChI=1S/C27H25Cl2N3O7S3/c1-27(2,22(34)26(38)39)13-31-7-5-16(6-8-31)40-10-14-11-42-24-20(23(35)32(24)21(14)25(36)37)30-19(33)12-41-18-9-15(28)3-4-17(18)29/h3-9,20,24H,10-13H2,1-2H3,(H2-,30,33,36,37,38,39)/t20-,24-/m1/s1. The van der Waals surface area contributed by atoms with Crippen LogP contribution in [0.3, 0.4) is 0 Å². The molecule has 1 fully saturated rings. The molecule has 15 heteroatoms. The van der Waals surface area contributed by atoms with E-state index in [1.165, 1.54) is 54.0 Å². The van der Waals surface area contributed by atoms with Gasteiger partial charge < -0.3 is 20.3 Å². The van der Waals surface area contributed by atoms with Crippen molar-refractivity contribution < 1.29 is 38.8 Å². The maximum atomic E-state index is 13.0. The Hall–Kier alpha value is -2.71. The van der Waals surface area contributed by atoms with Gasteiger partial charge in [-0.15, -0.1) is 35.3 Å². The quantitative estimate of drug-likeness (QED) is 0.149. The van der Waals surface area contributed by atoms with Gasteiger partial charge in [0, 0.05) is 38.5 Å². The van der Waals surface area contributed by atoms with Gasteiger partial charge in [0.25, 0.3) is 5.91 Å². The zero-order valence-corrected chi connectivity index (χ0v) is 26.3. The number of aromatic nitrogens is 1. The predicted molar refractivity (Wildman–Crippen MR) is 158 cm³/mol. The number of carbonyl (C=O) groups is 5. The van der Waals surface area contributed by atoms with Crippen LogP contribution in [0.2, 0.25) is 10.0 Å². The maximum Gasteiger partial charge on any atom is 0.352 e. The van der Waals surface area contributed by atoms with Gasteiger partial charge in [-0.25, -0.2) is 9.36 Å². The van der Waals surface area contributed by atoms with Crippen molar-refractivity contribution in [3.8, 4) is 0 Å². The van der Waals surface area contributed by atoms with Gasteiger partial charge in [-0.2, -0.15) is 0 Å². The molecule has 0 saturated carbocycles. The number of ketones is 1. The van der Waals surface area contributed by atoms with Gasteiger partial charge >= 0.3 is 5.97 Å². The van der Waals surface area contributed by atoms with E-state index in [1.54, 1.807) is 47.3 Å². The Morgan fingerprint density at radius 1 is 1.17 bits per heavy atom. The maximum absolute atomic E-state index is 13.0. The van der Waals surface area contributed by atoms with Crippen LogP contribution in [0.25, 0.3) is 0 Å². The van der Waals surface area contributed by atoms with E-state index in [0.717, 1.165) is 4.90 Å². The van der Waals surface area contributed by atoms with Crippen molar-refractivity contribution in [3.63, 3.8) is 0 Å². The molecule has 2 aliphatic heterocycles. The van der Waals surface area contributed by atoms with Gasteiger partial charge in [0.05, 0.1) is 16.2 Å². The fourth-order valence-corrected chi connectivity index (χ4v) is 8.03. The Labute approximate surface area is 264 Å². The number of rotatable bonds is 12. The SMILES string of the molecule is CC(C)(C[n+]1ccc(SCC2=C(C(=O)O)N3C(=O)[C@@H](NC(=O)CSc4cc(Cl)ccc4Cl)[C@H]3SC2)cc1)C(=O)C(=O)[O-]. The summed E-state index contributed by atoms with van der Waals surface area (Å²) in [5, 5.41) is 24.0. The lowest BCUT2D eigenvalue weighted by molar-refractivity contribution is -0.706. The highest BCUT2D eigenvalue weighted by atomic mass is 35.5. The minimum Gasteiger partial charge on any atom is -0.542 e. The lowest BCUT2D eigenvalue weighted by Gasteiger charge is -2.49. The van der Waals surface area contributed by atoms with Crippen molar-refractivity contribution in [1.29, 1.82) is 0 Å². The molecule has 4 rings (SSSR count). The summed E-state index contributed by atoms with van der Waals surface area (Å²) in [5.41, 5.74) is -0.648. The third kappa shape index (κ3) is 7.25. The first-order chi connectivity index (χ1) is 19.8. The van der Waals surface area contributed by atoms with E-state index in [-0.39, 0.29) is 23.9 Å². The van der Waals surface area contributed by atoms with Crippen LogP contribution in [0.5, 0.6) is 0 Å². The van der Waals surface area contributed by atoms with Crippen molar-refractivity contribution in [1.82, 2.24) is 10.2 Å². The highest BCUT2D eigenvalue weighted by Crippen LogP contribution is 2.41. The van der Waals surface area contributed by atoms with Gasteiger partial charge in [-0.3, -0.25) is 19.3 Å². The Bertz CT molecular complexity index is 1480. The average Bonchev–Trinajstić information content (AvgIpc) is 2.94. The summed E-state index contributed by atoms with van der Waals surface area (Å²) in [5.74, 6) is -4.11. The molecule has 222 valence electrons. The summed E-state index contributed by atoms with van der Waals surface area (Å²) in [7, 11) is 0. The number of hydrogen-bond donors (Lipinski definition) is 2. The van der Waals surface area contributed by atoms with Crippen molar-refractivity contribution in [3.05, 3.63) is 64.0 Å². The molecule has 0 unspecified atom stereocenters. The monoisotopic (exact) mass is 669 g/mol. The fraction of sp³-hybridized carbons (Fsp3) is 0.333. The van der Waals surface area contributed by atoms with Crippen LogP contribution in [-0.4, -0.2) is 68.2 Å². The molecule has 1 aromatic carbocycles. The number of benzene rings is 1. The number of nitrogens with one attached hydrogen (secondary N) is 1. The summed E-state index contributed by atoms with van der Waals surface area (Å²) in [6.07, 6.45) is 3.41. The molecular weight excluding hydrogens is 645 g/mol. The Kier molecular flexibility index (Phi) is 10.2. The molecule has 2 aromatic rings. The number of thioether (sulfide) groups is 3. The molecule has 2 amide bonds. The molecule has 1 aromatic heterocycles. The molecule has 2 N–H and O–H groups in total. The molecule has 42 heavy (non-hydrogen) atoms. The molecule has 1 saturated heterocycles. The molecule has 10 nitrogen and oxygen atoms in total. The molecule has 3 heterocycles. The largest absolute Gasteiger partial charge is 0.542 e. The molecule has 0 bridgehead atoms. The number of hydrogen-bond acceptors (Lipinski definition) is 9. The van der Waals surface area contributed by atoms with E-state index < -0.39 is 40.5 Å². The summed E-state index contributed by atoms with van der Waals surface area (Å²) in [6, 6.07) is 7.64. The molecule has 0 spiro atoms. The van der Waals surface area contributed by atoms with E-state index in [0.29, 0.717) is 32.0 Å². The Morgan fingerprint density at radius 2 is 1.86 bits per heavy atom. The third-order valence-electron chi connectivity index (χ3n) is 6.47. The second-order valence-electron chi connectivity index (χ2n) is 10.1. The van der Waals surface area contributed by atoms with E-state index >= 15 is 0 Å². The number of halogens is 2. The van der Waals surface area contributed by atoms with Crippen molar-refractivity contribution in [2.75, 3.05) is 17.3 Å². The first-order valence-electron chi connectivity index (χ1n) is 12.4. The van der Waals surface area contributed by atoms with Crippen LogP contribution < -0.4 is 15.0 Å². The number of carbonyl (C=O) groups excluding carboxylic acids is 4. The van der Waals surface area contributed by atoms with E-state index in [2.05, 4.69) is 5.32 Å². The van der Waals surface area contributed by atoms with Crippen molar-refractivity contribution in [2.45, 2.75) is 41.6 Å². The molecule has 2 atom stereocenters. The molecular formula is C27H25Cl2N3O7S3. The zero-order valence-electron chi connectivity index (χ0n) is 22.3. The summed E-state index contributed by atoms with van der Waals surface area (Å²) in [6.45, 7) is 3.19. The number of fused-ring (bicyclic) bond motifs is 1. The van der Waals surface area contributed by atoms with Gasteiger partial charge in [0.1, 0.15) is 23.1 Å². The van der Waals surface area contributed by atoms with Gasteiger partial charge in [0.15, 0.2) is 24.7 Å². The third-order valence-corrected chi connectivity index (χ3v) is 10.6. The van der Waals surface area contributed by atoms with Crippen molar-refractivity contribution in [2.24, 2.45) is 5.41 Å². The first kappa shape index (κ1) is 32.2. The van der Waals surface area contributed by atoms with Crippen LogP contribution in [0.4, 0.5) is 0 Å².